The van der Waals surface area contributed by atoms with Crippen LogP contribution < -0.4 is 5.32 Å². The van der Waals surface area contributed by atoms with Crippen molar-refractivity contribution >= 4 is 40.7 Å². The number of rotatable bonds is 7. The lowest BCUT2D eigenvalue weighted by Gasteiger charge is -2.22. The van der Waals surface area contributed by atoms with Gasteiger partial charge in [-0.2, -0.15) is 0 Å². The Morgan fingerprint density at radius 3 is 2.27 bits per heavy atom. The normalized spacial score (nSPS) is 10.7. The maximum atomic E-state index is 12.3. The fourth-order valence-corrected chi connectivity index (χ4v) is 2.67. The third-order valence-corrected chi connectivity index (χ3v) is 4.31. The van der Waals surface area contributed by atoms with Crippen LogP contribution in [0.3, 0.4) is 0 Å². The van der Waals surface area contributed by atoms with E-state index in [4.69, 9.17) is 23.2 Å². The van der Waals surface area contributed by atoms with Gasteiger partial charge in [0.15, 0.2) is 0 Å². The van der Waals surface area contributed by atoms with Gasteiger partial charge in [-0.15, -0.1) is 0 Å². The molecule has 1 N–H and O–H groups in total. The number of nitrogens with zero attached hydrogens (tertiary/aromatic N) is 2. The summed E-state index contributed by atoms with van der Waals surface area (Å²) in [6, 6.07) is 14.4. The van der Waals surface area contributed by atoms with Gasteiger partial charge < -0.3 is 10.2 Å². The molecule has 0 aliphatic rings. The lowest BCUT2D eigenvalue weighted by molar-refractivity contribution is -0.131. The molecule has 5 nitrogen and oxygen atoms in total. The Morgan fingerprint density at radius 2 is 1.62 bits per heavy atom. The third-order valence-electron chi connectivity index (χ3n) is 3.73. The minimum absolute atomic E-state index is 0.0759. The average molecular weight is 394 g/mol. The molecule has 0 bridgehead atoms. The molecule has 0 atom stereocenters. The molecule has 0 saturated heterocycles. The molecule has 2 aromatic rings. The second-order valence-corrected chi connectivity index (χ2v) is 6.92. The van der Waals surface area contributed by atoms with Gasteiger partial charge in [0, 0.05) is 18.6 Å². The highest BCUT2D eigenvalue weighted by Gasteiger charge is 2.15. The van der Waals surface area contributed by atoms with E-state index in [1.54, 1.807) is 60.3 Å². The fourth-order valence-electron chi connectivity index (χ4n) is 2.36. The molecule has 0 aliphatic heterocycles. The Bertz CT molecular complexity index is 766. The molecule has 7 heteroatoms. The van der Waals surface area contributed by atoms with E-state index in [2.05, 4.69) is 5.32 Å². The summed E-state index contributed by atoms with van der Waals surface area (Å²) < 4.78 is 0. The van der Waals surface area contributed by atoms with E-state index in [1.165, 1.54) is 0 Å². The van der Waals surface area contributed by atoms with Crippen LogP contribution in [0.2, 0.25) is 10.0 Å². The number of carbonyl (C=O) groups excluding carboxylic acids is 2. The first-order chi connectivity index (χ1) is 12.3. The highest BCUT2D eigenvalue weighted by molar-refractivity contribution is 6.33. The van der Waals surface area contributed by atoms with Crippen molar-refractivity contribution in [2.24, 2.45) is 0 Å². The van der Waals surface area contributed by atoms with Crippen LogP contribution >= 0.6 is 23.2 Å². The van der Waals surface area contributed by atoms with Gasteiger partial charge in [-0.1, -0.05) is 47.5 Å². The van der Waals surface area contributed by atoms with Crippen LogP contribution in [-0.2, 0) is 16.1 Å². The molecule has 0 aliphatic carbocycles. The summed E-state index contributed by atoms with van der Waals surface area (Å²) in [6.07, 6.45) is 0. The van der Waals surface area contributed by atoms with Crippen molar-refractivity contribution in [1.29, 1.82) is 0 Å². The summed E-state index contributed by atoms with van der Waals surface area (Å²) >= 11 is 11.9. The Morgan fingerprint density at radius 1 is 0.962 bits per heavy atom. The Hall–Kier alpha value is -2.08. The number of nitrogens with one attached hydrogen (secondary N) is 1. The van der Waals surface area contributed by atoms with Gasteiger partial charge in [-0.25, -0.2) is 0 Å². The van der Waals surface area contributed by atoms with Crippen LogP contribution in [0.4, 0.5) is 5.69 Å². The fraction of sp³-hybridized carbons (Fsp3) is 0.263. The summed E-state index contributed by atoms with van der Waals surface area (Å²) in [5.41, 5.74) is 1.54. The van der Waals surface area contributed by atoms with E-state index < -0.39 is 0 Å². The van der Waals surface area contributed by atoms with Crippen molar-refractivity contribution in [3.05, 3.63) is 64.1 Å². The standard InChI is InChI=1S/C19H21Cl2N3O2/c1-23(12-18(25)22-17-6-4-3-5-16(17)21)13-19(26)24(2)11-14-7-9-15(20)10-8-14/h3-10H,11-13H2,1-2H3,(H,22,25). The summed E-state index contributed by atoms with van der Waals surface area (Å²) in [4.78, 5) is 27.7. The van der Waals surface area contributed by atoms with Crippen LogP contribution in [0.15, 0.2) is 48.5 Å². The van der Waals surface area contributed by atoms with Gasteiger partial charge in [0.05, 0.1) is 23.8 Å². The largest absolute Gasteiger partial charge is 0.340 e. The number of likely N-dealkylation sites (N-methyl/N-ethyl adjacent to an activating group) is 2. The number of amides is 2. The molecular weight excluding hydrogens is 373 g/mol. The van der Waals surface area contributed by atoms with Crippen LogP contribution in [-0.4, -0.2) is 48.8 Å². The van der Waals surface area contributed by atoms with E-state index in [1.807, 2.05) is 12.1 Å². The van der Waals surface area contributed by atoms with E-state index in [-0.39, 0.29) is 24.9 Å². The van der Waals surface area contributed by atoms with Crippen LogP contribution in [0.5, 0.6) is 0 Å². The molecule has 0 radical (unpaired) electrons. The molecule has 138 valence electrons. The lowest BCUT2D eigenvalue weighted by atomic mass is 10.2. The molecule has 0 saturated carbocycles. The second kappa shape index (κ2) is 9.57. The number of para-hydroxylation sites is 1. The Balaban J connectivity index is 1.81. The maximum Gasteiger partial charge on any atom is 0.238 e. The van der Waals surface area contributed by atoms with Crippen molar-refractivity contribution in [3.8, 4) is 0 Å². The smallest absolute Gasteiger partial charge is 0.238 e. The predicted octanol–water partition coefficient (Wildman–Crippen LogP) is 3.52. The van der Waals surface area contributed by atoms with E-state index in [0.717, 1.165) is 5.56 Å². The Kier molecular flexibility index (Phi) is 7.45. The summed E-state index contributed by atoms with van der Waals surface area (Å²) in [5.74, 6) is -0.304. The predicted molar refractivity (Wildman–Crippen MR) is 106 cm³/mol. The van der Waals surface area contributed by atoms with Crippen LogP contribution in [0.25, 0.3) is 0 Å². The SMILES string of the molecule is CN(CC(=O)Nc1ccccc1Cl)CC(=O)N(C)Cc1ccc(Cl)cc1. The zero-order valence-electron chi connectivity index (χ0n) is 14.7. The van der Waals surface area contributed by atoms with Crippen molar-refractivity contribution in [1.82, 2.24) is 9.80 Å². The zero-order valence-corrected chi connectivity index (χ0v) is 16.2. The molecule has 2 aromatic carbocycles. The molecule has 2 amide bonds. The summed E-state index contributed by atoms with van der Waals surface area (Å²) in [5, 5.41) is 3.87. The van der Waals surface area contributed by atoms with Gasteiger partial charge in [0.25, 0.3) is 0 Å². The van der Waals surface area contributed by atoms with Gasteiger partial charge in [-0.05, 0) is 36.9 Å². The van der Waals surface area contributed by atoms with Crippen molar-refractivity contribution in [2.45, 2.75) is 6.54 Å². The van der Waals surface area contributed by atoms with Crippen LogP contribution in [0.1, 0.15) is 5.56 Å². The van der Waals surface area contributed by atoms with Crippen molar-refractivity contribution in [2.75, 3.05) is 32.5 Å². The van der Waals surface area contributed by atoms with Gasteiger partial charge in [0.1, 0.15) is 0 Å². The number of benzene rings is 2. The minimum Gasteiger partial charge on any atom is -0.340 e. The molecule has 0 unspecified atom stereocenters. The van der Waals surface area contributed by atoms with Crippen molar-refractivity contribution in [3.63, 3.8) is 0 Å². The first-order valence-electron chi connectivity index (χ1n) is 8.06. The van der Waals surface area contributed by atoms with Crippen molar-refractivity contribution < 1.29 is 9.59 Å². The number of hydrogen-bond acceptors (Lipinski definition) is 3. The van der Waals surface area contributed by atoms with Gasteiger partial charge >= 0.3 is 0 Å². The van der Waals surface area contributed by atoms with Gasteiger partial charge in [-0.3, -0.25) is 14.5 Å². The summed E-state index contributed by atoms with van der Waals surface area (Å²) in [7, 11) is 3.45. The topological polar surface area (TPSA) is 52.7 Å². The van der Waals surface area contributed by atoms with E-state index in [9.17, 15) is 9.59 Å². The van der Waals surface area contributed by atoms with E-state index >= 15 is 0 Å². The molecule has 0 aromatic heterocycles. The monoisotopic (exact) mass is 393 g/mol. The molecular formula is C19H21Cl2N3O2. The average Bonchev–Trinajstić information content (AvgIpc) is 2.58. The summed E-state index contributed by atoms with van der Waals surface area (Å²) in [6.45, 7) is 0.710. The highest BCUT2D eigenvalue weighted by Crippen LogP contribution is 2.20. The maximum absolute atomic E-state index is 12.3. The number of halogens is 2. The first kappa shape index (κ1) is 20.2. The highest BCUT2D eigenvalue weighted by atomic mass is 35.5. The molecule has 2 rings (SSSR count). The van der Waals surface area contributed by atoms with Crippen LogP contribution in [0, 0.1) is 0 Å². The molecule has 26 heavy (non-hydrogen) atoms. The number of anilines is 1. The second-order valence-electron chi connectivity index (χ2n) is 6.08. The quantitative estimate of drug-likeness (QED) is 0.782. The number of carbonyl (C=O) groups is 2. The first-order valence-corrected chi connectivity index (χ1v) is 8.82. The minimum atomic E-state index is -0.228. The molecule has 0 spiro atoms. The Labute approximate surface area is 163 Å². The third kappa shape index (κ3) is 6.33. The zero-order chi connectivity index (χ0) is 19.1. The number of hydrogen-bond donors (Lipinski definition) is 1. The van der Waals surface area contributed by atoms with Gasteiger partial charge in [0.2, 0.25) is 11.8 Å². The van der Waals surface area contributed by atoms with E-state index in [0.29, 0.717) is 22.3 Å². The molecule has 0 fully saturated rings. The lowest BCUT2D eigenvalue weighted by Crippen LogP contribution is -2.39. The molecule has 0 heterocycles.